The zero-order chi connectivity index (χ0) is 12.1. The Hall–Kier alpha value is -0.830. The van der Waals surface area contributed by atoms with E-state index < -0.39 is 0 Å². The average molecular weight is 235 g/mol. The molecule has 1 heterocycles. The van der Waals surface area contributed by atoms with Crippen LogP contribution in [-0.2, 0) is 13.1 Å². The molecular weight excluding hydrogens is 210 g/mol. The zero-order valence-electron chi connectivity index (χ0n) is 11.2. The SMILES string of the molecule is CCn1cncc1CNC(C)C1CCCCC1. The fraction of sp³-hybridized carbons (Fsp3) is 0.786. The van der Waals surface area contributed by atoms with E-state index in [1.54, 1.807) is 0 Å². The van der Waals surface area contributed by atoms with Gasteiger partial charge in [-0.2, -0.15) is 0 Å². The van der Waals surface area contributed by atoms with Gasteiger partial charge in [0.2, 0.25) is 0 Å². The number of imidazole rings is 1. The predicted molar refractivity (Wildman–Crippen MR) is 70.8 cm³/mol. The molecule has 1 aromatic heterocycles. The second-order valence-electron chi connectivity index (χ2n) is 5.24. The summed E-state index contributed by atoms with van der Waals surface area (Å²) in [6.07, 6.45) is 11.0. The molecule has 2 rings (SSSR count). The van der Waals surface area contributed by atoms with Crippen LogP contribution < -0.4 is 5.32 Å². The summed E-state index contributed by atoms with van der Waals surface area (Å²) >= 11 is 0. The molecule has 0 bridgehead atoms. The van der Waals surface area contributed by atoms with Crippen LogP contribution in [0, 0.1) is 5.92 Å². The van der Waals surface area contributed by atoms with E-state index in [0.29, 0.717) is 6.04 Å². The van der Waals surface area contributed by atoms with Crippen molar-refractivity contribution in [3.05, 3.63) is 18.2 Å². The fourth-order valence-corrected chi connectivity index (χ4v) is 2.85. The third-order valence-corrected chi connectivity index (χ3v) is 4.10. The lowest BCUT2D eigenvalue weighted by Crippen LogP contribution is -2.34. The molecule has 1 atom stereocenters. The third-order valence-electron chi connectivity index (χ3n) is 4.10. The van der Waals surface area contributed by atoms with Crippen molar-refractivity contribution in [2.24, 2.45) is 5.92 Å². The summed E-state index contributed by atoms with van der Waals surface area (Å²) in [6, 6.07) is 0.635. The third kappa shape index (κ3) is 3.32. The Balaban J connectivity index is 1.80. The molecule has 0 spiro atoms. The zero-order valence-corrected chi connectivity index (χ0v) is 11.2. The molecule has 0 radical (unpaired) electrons. The van der Waals surface area contributed by atoms with Gasteiger partial charge in [-0.3, -0.25) is 0 Å². The quantitative estimate of drug-likeness (QED) is 0.850. The van der Waals surface area contributed by atoms with Gasteiger partial charge in [0.1, 0.15) is 0 Å². The predicted octanol–water partition coefficient (Wildman–Crippen LogP) is 2.96. The Morgan fingerprint density at radius 1 is 1.41 bits per heavy atom. The number of aromatic nitrogens is 2. The van der Waals surface area contributed by atoms with Crippen LogP contribution >= 0.6 is 0 Å². The van der Waals surface area contributed by atoms with E-state index in [1.165, 1.54) is 37.8 Å². The summed E-state index contributed by atoms with van der Waals surface area (Å²) in [4.78, 5) is 4.21. The molecule has 1 aromatic rings. The molecule has 17 heavy (non-hydrogen) atoms. The molecule has 0 aromatic carbocycles. The van der Waals surface area contributed by atoms with Crippen molar-refractivity contribution >= 4 is 0 Å². The Labute approximate surface area is 105 Å². The molecule has 1 aliphatic rings. The van der Waals surface area contributed by atoms with Gasteiger partial charge >= 0.3 is 0 Å². The smallest absolute Gasteiger partial charge is 0.0948 e. The molecule has 3 nitrogen and oxygen atoms in total. The highest BCUT2D eigenvalue weighted by molar-refractivity contribution is 4.98. The second kappa shape index (κ2) is 6.20. The summed E-state index contributed by atoms with van der Waals surface area (Å²) in [7, 11) is 0. The van der Waals surface area contributed by atoms with Gasteiger partial charge in [0.15, 0.2) is 0 Å². The van der Waals surface area contributed by atoms with Gasteiger partial charge in [-0.15, -0.1) is 0 Å². The average Bonchev–Trinajstić information content (AvgIpc) is 2.84. The molecule has 1 unspecified atom stereocenters. The van der Waals surface area contributed by atoms with E-state index >= 15 is 0 Å². The summed E-state index contributed by atoms with van der Waals surface area (Å²) in [5.74, 6) is 0.877. The highest BCUT2D eigenvalue weighted by Crippen LogP contribution is 2.26. The van der Waals surface area contributed by atoms with Crippen LogP contribution in [-0.4, -0.2) is 15.6 Å². The molecular formula is C14H25N3. The first-order chi connectivity index (χ1) is 8.31. The molecule has 0 aliphatic heterocycles. The van der Waals surface area contributed by atoms with Crippen molar-refractivity contribution in [1.29, 1.82) is 0 Å². The summed E-state index contributed by atoms with van der Waals surface area (Å²) in [5, 5.41) is 3.67. The fourth-order valence-electron chi connectivity index (χ4n) is 2.85. The number of aryl methyl sites for hydroxylation is 1. The van der Waals surface area contributed by atoms with Gasteiger partial charge in [-0.1, -0.05) is 19.3 Å². The lowest BCUT2D eigenvalue weighted by Gasteiger charge is -2.28. The van der Waals surface area contributed by atoms with Crippen molar-refractivity contribution in [3.63, 3.8) is 0 Å². The number of nitrogens with zero attached hydrogens (tertiary/aromatic N) is 2. The van der Waals surface area contributed by atoms with Crippen LogP contribution in [0.2, 0.25) is 0 Å². The van der Waals surface area contributed by atoms with Crippen molar-refractivity contribution in [2.75, 3.05) is 0 Å². The maximum atomic E-state index is 4.21. The first-order valence-electron chi connectivity index (χ1n) is 7.03. The minimum Gasteiger partial charge on any atom is -0.334 e. The van der Waals surface area contributed by atoms with Crippen LogP contribution in [0.15, 0.2) is 12.5 Å². The van der Waals surface area contributed by atoms with Crippen molar-refractivity contribution in [3.8, 4) is 0 Å². The topological polar surface area (TPSA) is 29.9 Å². The van der Waals surface area contributed by atoms with Crippen LogP contribution in [0.4, 0.5) is 0 Å². The Bertz CT molecular complexity index is 326. The summed E-state index contributed by atoms with van der Waals surface area (Å²) in [5.41, 5.74) is 1.30. The van der Waals surface area contributed by atoms with Crippen LogP contribution in [0.5, 0.6) is 0 Å². The highest BCUT2D eigenvalue weighted by atomic mass is 15.1. The van der Waals surface area contributed by atoms with E-state index in [9.17, 15) is 0 Å². The van der Waals surface area contributed by atoms with E-state index in [0.717, 1.165) is 19.0 Å². The van der Waals surface area contributed by atoms with Crippen LogP contribution in [0.3, 0.4) is 0 Å². The second-order valence-corrected chi connectivity index (χ2v) is 5.24. The molecule has 0 amide bonds. The van der Waals surface area contributed by atoms with E-state index in [2.05, 4.69) is 28.7 Å². The van der Waals surface area contributed by atoms with Crippen LogP contribution in [0.1, 0.15) is 51.6 Å². The maximum Gasteiger partial charge on any atom is 0.0948 e. The first kappa shape index (κ1) is 12.6. The molecule has 1 N–H and O–H groups in total. The maximum absolute atomic E-state index is 4.21. The van der Waals surface area contributed by atoms with Gasteiger partial charge < -0.3 is 9.88 Å². The molecule has 1 aliphatic carbocycles. The van der Waals surface area contributed by atoms with Gasteiger partial charge in [0.25, 0.3) is 0 Å². The minimum atomic E-state index is 0.635. The number of nitrogens with one attached hydrogen (secondary N) is 1. The van der Waals surface area contributed by atoms with Crippen LogP contribution in [0.25, 0.3) is 0 Å². The summed E-state index contributed by atoms with van der Waals surface area (Å²) < 4.78 is 2.21. The van der Waals surface area contributed by atoms with E-state index in [-0.39, 0.29) is 0 Å². The van der Waals surface area contributed by atoms with Gasteiger partial charge in [0, 0.05) is 25.3 Å². The standard InChI is InChI=1S/C14H25N3/c1-3-17-11-15-9-14(17)10-16-12(2)13-7-5-4-6-8-13/h9,11-13,16H,3-8,10H2,1-2H3. The van der Waals surface area contributed by atoms with Gasteiger partial charge in [-0.05, 0) is 32.6 Å². The van der Waals surface area contributed by atoms with Gasteiger partial charge in [0.05, 0.1) is 12.0 Å². The largest absolute Gasteiger partial charge is 0.334 e. The van der Waals surface area contributed by atoms with Gasteiger partial charge in [-0.25, -0.2) is 4.98 Å². The molecule has 1 fully saturated rings. The molecule has 3 heteroatoms. The molecule has 0 saturated heterocycles. The lowest BCUT2D eigenvalue weighted by molar-refractivity contribution is 0.279. The van der Waals surface area contributed by atoms with Crippen molar-refractivity contribution in [2.45, 2.75) is 65.1 Å². The first-order valence-corrected chi connectivity index (χ1v) is 7.03. The summed E-state index contributed by atoms with van der Waals surface area (Å²) in [6.45, 7) is 6.46. The van der Waals surface area contributed by atoms with E-state index in [4.69, 9.17) is 0 Å². The molecule has 96 valence electrons. The molecule has 1 saturated carbocycles. The Morgan fingerprint density at radius 2 is 2.18 bits per heavy atom. The van der Waals surface area contributed by atoms with Crippen molar-refractivity contribution < 1.29 is 0 Å². The normalized spacial score (nSPS) is 19.4. The van der Waals surface area contributed by atoms with E-state index in [1.807, 2.05) is 12.5 Å². The highest BCUT2D eigenvalue weighted by Gasteiger charge is 2.19. The monoisotopic (exact) mass is 235 g/mol. The Kier molecular flexibility index (Phi) is 4.60. The number of rotatable bonds is 5. The lowest BCUT2D eigenvalue weighted by atomic mass is 9.84. The number of hydrogen-bond donors (Lipinski definition) is 1. The van der Waals surface area contributed by atoms with Crippen molar-refractivity contribution in [1.82, 2.24) is 14.9 Å². The Morgan fingerprint density at radius 3 is 2.88 bits per heavy atom. The minimum absolute atomic E-state index is 0.635. The number of hydrogen-bond acceptors (Lipinski definition) is 2.